The lowest BCUT2D eigenvalue weighted by atomic mass is 10.1. The summed E-state index contributed by atoms with van der Waals surface area (Å²) in [4.78, 5) is 11.0. The molecule has 88 valence electrons. The molecule has 17 heavy (non-hydrogen) atoms. The molecule has 0 radical (unpaired) electrons. The number of rotatable bonds is 3. The Hall–Kier alpha value is -1.87. The van der Waals surface area contributed by atoms with Crippen molar-refractivity contribution in [2.24, 2.45) is 5.41 Å². The average Bonchev–Trinajstić information content (AvgIpc) is 3.07. The number of hydrogen-bond acceptors (Lipinski definition) is 4. The molecule has 0 aliphatic heterocycles. The fourth-order valence-electron chi connectivity index (χ4n) is 1.77. The summed E-state index contributed by atoms with van der Waals surface area (Å²) in [6.45, 7) is 0. The van der Waals surface area contributed by atoms with Gasteiger partial charge in [-0.15, -0.1) is 0 Å². The molecule has 2 rings (SSSR count). The van der Waals surface area contributed by atoms with Crippen LogP contribution >= 0.6 is 0 Å². The predicted octanol–water partition coefficient (Wildman–Crippen LogP) is 0.827. The van der Waals surface area contributed by atoms with Crippen molar-refractivity contribution in [1.82, 2.24) is 0 Å². The Labute approximate surface area is 98.2 Å². The first-order chi connectivity index (χ1) is 7.95. The Bertz CT molecular complexity index is 602. The largest absolute Gasteiger partial charge is 0.480 e. The van der Waals surface area contributed by atoms with Crippen molar-refractivity contribution < 1.29 is 18.3 Å². The molecule has 0 amide bonds. The molecule has 1 aromatic rings. The Balaban J connectivity index is 2.40. The van der Waals surface area contributed by atoms with E-state index < -0.39 is 26.5 Å². The number of hydrogen-bond donors (Lipinski definition) is 1. The van der Waals surface area contributed by atoms with Gasteiger partial charge in [-0.1, -0.05) is 18.2 Å². The summed E-state index contributed by atoms with van der Waals surface area (Å²) in [5, 5.41) is 16.6. The minimum absolute atomic E-state index is 0.0587. The number of aliphatic carboxylic acids is 1. The number of nitriles is 1. The van der Waals surface area contributed by atoms with Gasteiger partial charge in [0.1, 0.15) is 0 Å². The standard InChI is InChI=1S/C11H9NO4S/c12-7-11(10(13)14)6-9(11)17(15,16)8-4-2-1-3-5-8/h1-5,9H,6H2,(H,13,14)/t9-,11-/m0/s1. The highest BCUT2D eigenvalue weighted by Gasteiger charge is 2.68. The van der Waals surface area contributed by atoms with E-state index >= 15 is 0 Å². The van der Waals surface area contributed by atoms with Crippen LogP contribution in [0.15, 0.2) is 35.2 Å². The van der Waals surface area contributed by atoms with Gasteiger partial charge in [-0.3, -0.25) is 4.79 Å². The van der Waals surface area contributed by atoms with Gasteiger partial charge in [0.05, 0.1) is 16.2 Å². The lowest BCUT2D eigenvalue weighted by Crippen LogP contribution is -2.22. The molecule has 0 heterocycles. The Morgan fingerprint density at radius 1 is 1.41 bits per heavy atom. The van der Waals surface area contributed by atoms with E-state index in [1.54, 1.807) is 24.3 Å². The van der Waals surface area contributed by atoms with Crippen molar-refractivity contribution in [2.75, 3.05) is 0 Å². The topological polar surface area (TPSA) is 95.2 Å². The first-order valence-electron chi connectivity index (χ1n) is 4.89. The molecule has 2 atom stereocenters. The number of carboxylic acid groups (broad SMARTS) is 1. The van der Waals surface area contributed by atoms with Gasteiger partial charge in [-0.2, -0.15) is 5.26 Å². The molecule has 1 aromatic carbocycles. The molecule has 0 saturated heterocycles. The van der Waals surface area contributed by atoms with Crippen molar-refractivity contribution in [3.63, 3.8) is 0 Å². The van der Waals surface area contributed by atoms with Crippen molar-refractivity contribution in [3.05, 3.63) is 30.3 Å². The van der Waals surface area contributed by atoms with Gasteiger partial charge >= 0.3 is 5.97 Å². The second kappa shape index (κ2) is 3.57. The molecule has 1 saturated carbocycles. The van der Waals surface area contributed by atoms with E-state index in [1.807, 2.05) is 0 Å². The van der Waals surface area contributed by atoms with Gasteiger partial charge in [0.15, 0.2) is 15.3 Å². The van der Waals surface area contributed by atoms with Crippen LogP contribution in [-0.2, 0) is 14.6 Å². The van der Waals surface area contributed by atoms with Crippen molar-refractivity contribution in [1.29, 1.82) is 5.26 Å². The molecular weight excluding hydrogens is 242 g/mol. The van der Waals surface area contributed by atoms with E-state index in [1.165, 1.54) is 12.1 Å². The van der Waals surface area contributed by atoms with Gasteiger partial charge in [0.2, 0.25) is 0 Å². The third-order valence-corrected chi connectivity index (χ3v) is 5.17. The van der Waals surface area contributed by atoms with Crippen LogP contribution in [0.4, 0.5) is 0 Å². The van der Waals surface area contributed by atoms with Gasteiger partial charge < -0.3 is 5.11 Å². The van der Waals surface area contributed by atoms with E-state index in [0.717, 1.165) is 0 Å². The molecular formula is C11H9NO4S. The third-order valence-electron chi connectivity index (χ3n) is 2.92. The second-order valence-electron chi connectivity index (χ2n) is 3.94. The van der Waals surface area contributed by atoms with Gasteiger partial charge in [0, 0.05) is 0 Å². The molecule has 1 aliphatic rings. The summed E-state index contributed by atoms with van der Waals surface area (Å²) in [6, 6.07) is 9.19. The van der Waals surface area contributed by atoms with Crippen LogP contribution in [0.5, 0.6) is 0 Å². The number of carboxylic acids is 1. The van der Waals surface area contributed by atoms with Gasteiger partial charge in [0.25, 0.3) is 0 Å². The zero-order valence-electron chi connectivity index (χ0n) is 8.70. The second-order valence-corrected chi connectivity index (χ2v) is 6.07. The minimum atomic E-state index is -3.73. The maximum Gasteiger partial charge on any atom is 0.325 e. The molecule has 1 aliphatic carbocycles. The quantitative estimate of drug-likeness (QED) is 0.858. The van der Waals surface area contributed by atoms with Gasteiger partial charge in [-0.05, 0) is 18.6 Å². The molecule has 0 unspecified atom stereocenters. The van der Waals surface area contributed by atoms with E-state index in [-0.39, 0.29) is 11.3 Å². The fraction of sp³-hybridized carbons (Fsp3) is 0.273. The SMILES string of the molecule is N#C[C@@]1(C(=O)O)C[C@@H]1S(=O)(=O)c1ccccc1. The van der Waals surface area contributed by atoms with Crippen LogP contribution in [0.2, 0.25) is 0 Å². The Morgan fingerprint density at radius 2 is 2.00 bits per heavy atom. The van der Waals surface area contributed by atoms with Crippen molar-refractivity contribution in [3.8, 4) is 6.07 Å². The van der Waals surface area contributed by atoms with Crippen LogP contribution in [0.1, 0.15) is 6.42 Å². The molecule has 5 nitrogen and oxygen atoms in total. The maximum atomic E-state index is 12.1. The number of nitrogens with zero attached hydrogens (tertiary/aromatic N) is 1. The summed E-state index contributed by atoms with van der Waals surface area (Å²) >= 11 is 0. The van der Waals surface area contributed by atoms with Crippen molar-refractivity contribution >= 4 is 15.8 Å². The van der Waals surface area contributed by atoms with Crippen LogP contribution in [0.25, 0.3) is 0 Å². The lowest BCUT2D eigenvalue weighted by molar-refractivity contribution is -0.141. The average molecular weight is 251 g/mol. The highest BCUT2D eigenvalue weighted by molar-refractivity contribution is 7.92. The highest BCUT2D eigenvalue weighted by atomic mass is 32.2. The van der Waals surface area contributed by atoms with Gasteiger partial charge in [-0.25, -0.2) is 8.42 Å². The van der Waals surface area contributed by atoms with Crippen LogP contribution < -0.4 is 0 Å². The number of benzene rings is 1. The monoisotopic (exact) mass is 251 g/mol. The van der Waals surface area contributed by atoms with Crippen molar-refractivity contribution in [2.45, 2.75) is 16.6 Å². The predicted molar refractivity (Wildman–Crippen MR) is 57.7 cm³/mol. The lowest BCUT2D eigenvalue weighted by Gasteiger charge is -2.04. The Morgan fingerprint density at radius 3 is 2.41 bits per heavy atom. The number of sulfone groups is 1. The highest BCUT2D eigenvalue weighted by Crippen LogP contribution is 2.52. The minimum Gasteiger partial charge on any atom is -0.480 e. The molecule has 0 bridgehead atoms. The van der Waals surface area contributed by atoms with E-state index in [4.69, 9.17) is 10.4 Å². The molecule has 1 fully saturated rings. The van der Waals surface area contributed by atoms with Crippen LogP contribution in [-0.4, -0.2) is 24.7 Å². The summed E-state index contributed by atoms with van der Waals surface area (Å²) in [6.07, 6.45) is -0.143. The molecule has 0 spiro atoms. The summed E-state index contributed by atoms with van der Waals surface area (Å²) < 4.78 is 24.1. The zero-order chi connectivity index (χ0) is 12.7. The summed E-state index contributed by atoms with van der Waals surface area (Å²) in [5.41, 5.74) is -1.77. The van der Waals surface area contributed by atoms with E-state index in [2.05, 4.69) is 0 Å². The van der Waals surface area contributed by atoms with Crippen LogP contribution in [0, 0.1) is 16.7 Å². The normalized spacial score (nSPS) is 27.1. The zero-order valence-corrected chi connectivity index (χ0v) is 9.52. The van der Waals surface area contributed by atoms with Crippen LogP contribution in [0.3, 0.4) is 0 Å². The smallest absolute Gasteiger partial charge is 0.325 e. The molecule has 1 N–H and O–H groups in total. The number of carbonyl (C=O) groups is 1. The summed E-state index contributed by atoms with van der Waals surface area (Å²) in [7, 11) is -3.73. The molecule has 0 aromatic heterocycles. The Kier molecular flexibility index (Phi) is 2.44. The van der Waals surface area contributed by atoms with E-state index in [0.29, 0.717) is 0 Å². The maximum absolute atomic E-state index is 12.1. The first-order valence-corrected chi connectivity index (χ1v) is 6.43. The summed E-state index contributed by atoms with van der Waals surface area (Å²) in [5.74, 6) is -1.37. The first kappa shape index (κ1) is 11.6. The third kappa shape index (κ3) is 1.59. The van der Waals surface area contributed by atoms with E-state index in [9.17, 15) is 13.2 Å². The fourth-order valence-corrected chi connectivity index (χ4v) is 3.80. The molecule has 6 heteroatoms.